The zero-order valence-corrected chi connectivity index (χ0v) is 21.6. The van der Waals surface area contributed by atoms with Crippen LogP contribution in [0.4, 0.5) is 5.69 Å². The van der Waals surface area contributed by atoms with E-state index in [1.165, 1.54) is 23.0 Å². The molecule has 0 bridgehead atoms. The van der Waals surface area contributed by atoms with E-state index in [9.17, 15) is 19.7 Å². The summed E-state index contributed by atoms with van der Waals surface area (Å²) in [7, 11) is 0. The molecule has 198 valence electrons. The number of para-hydroxylation sites is 1. The lowest BCUT2D eigenvalue weighted by atomic mass is 10.0. The molecule has 0 aliphatic heterocycles. The third kappa shape index (κ3) is 5.22. The Kier molecular flexibility index (Phi) is 7.09. The third-order valence-corrected chi connectivity index (χ3v) is 6.55. The van der Waals surface area contributed by atoms with E-state index in [0.717, 1.165) is 15.7 Å². The minimum atomic E-state index is -0.512. The molecule has 0 spiro atoms. The highest BCUT2D eigenvalue weighted by Gasteiger charge is 2.20. The Labute approximate surface area is 223 Å². The second-order valence-electron chi connectivity index (χ2n) is 9.45. The van der Waals surface area contributed by atoms with Gasteiger partial charge in [-0.15, -0.1) is 0 Å². The van der Waals surface area contributed by atoms with Gasteiger partial charge in [-0.1, -0.05) is 56.3 Å². The summed E-state index contributed by atoms with van der Waals surface area (Å²) in [4.78, 5) is 42.4. The Morgan fingerprint density at radius 3 is 2.28 bits per heavy atom. The maximum Gasteiger partial charge on any atom is 0.337 e. The van der Waals surface area contributed by atoms with Gasteiger partial charge in [0.05, 0.1) is 23.5 Å². The average Bonchev–Trinajstić information content (AvgIpc) is 3.35. The second kappa shape index (κ2) is 10.8. The van der Waals surface area contributed by atoms with Crippen LogP contribution in [-0.4, -0.2) is 30.2 Å². The molecule has 0 aliphatic rings. The minimum absolute atomic E-state index is 0.0197. The molecule has 5 aromatic rings. The van der Waals surface area contributed by atoms with Crippen molar-refractivity contribution in [1.29, 1.82) is 0 Å². The van der Waals surface area contributed by atoms with Crippen molar-refractivity contribution >= 4 is 16.9 Å². The summed E-state index contributed by atoms with van der Waals surface area (Å²) in [6.45, 7) is 4.58. The van der Waals surface area contributed by atoms with E-state index in [-0.39, 0.29) is 36.5 Å². The number of nitro groups is 1. The van der Waals surface area contributed by atoms with Crippen LogP contribution in [0.5, 0.6) is 5.75 Å². The van der Waals surface area contributed by atoms with Crippen molar-refractivity contribution in [2.24, 2.45) is 0 Å². The Hall–Kier alpha value is -4.99. The Bertz CT molecular complexity index is 1730. The lowest BCUT2D eigenvalue weighted by Gasteiger charge is -2.14. The highest BCUT2D eigenvalue weighted by Crippen LogP contribution is 2.20. The number of hydrogen-bond donors (Lipinski definition) is 0. The van der Waals surface area contributed by atoms with Gasteiger partial charge in [-0.2, -0.15) is 0 Å². The number of fused-ring (bicyclic) bond motifs is 1. The summed E-state index contributed by atoms with van der Waals surface area (Å²) < 4.78 is 10.0. The molecule has 0 amide bonds. The number of non-ortho nitro benzene ring substituents is 1. The molecular formula is C29H27N5O5. The smallest absolute Gasteiger partial charge is 0.337 e. The molecule has 0 N–H and O–H groups in total. The summed E-state index contributed by atoms with van der Waals surface area (Å²) in [5, 5.41) is 11.0. The van der Waals surface area contributed by atoms with Crippen molar-refractivity contribution in [3.8, 4) is 11.4 Å². The van der Waals surface area contributed by atoms with Crippen molar-refractivity contribution < 1.29 is 9.66 Å². The van der Waals surface area contributed by atoms with Crippen LogP contribution in [0, 0.1) is 10.1 Å². The lowest BCUT2D eigenvalue weighted by molar-refractivity contribution is -0.384. The quantitative estimate of drug-likeness (QED) is 0.207. The van der Waals surface area contributed by atoms with Gasteiger partial charge in [-0.25, -0.2) is 14.3 Å². The minimum Gasteiger partial charge on any atom is -0.492 e. The summed E-state index contributed by atoms with van der Waals surface area (Å²) in [5.74, 6) is 0.959. The number of imidazole rings is 1. The molecule has 2 heterocycles. The zero-order chi connectivity index (χ0) is 27.5. The fraction of sp³-hybridized carbons (Fsp3) is 0.207. The highest BCUT2D eigenvalue weighted by molar-refractivity contribution is 5.72. The second-order valence-corrected chi connectivity index (χ2v) is 9.45. The maximum atomic E-state index is 13.7. The van der Waals surface area contributed by atoms with E-state index in [1.807, 2.05) is 42.5 Å². The first kappa shape index (κ1) is 25.7. The molecule has 0 radical (unpaired) electrons. The van der Waals surface area contributed by atoms with Crippen LogP contribution in [0.1, 0.15) is 30.9 Å². The molecule has 0 aliphatic carbocycles. The first-order valence-corrected chi connectivity index (χ1v) is 12.6. The van der Waals surface area contributed by atoms with E-state index in [0.29, 0.717) is 17.4 Å². The normalized spacial score (nSPS) is 11.3. The molecule has 0 unspecified atom stereocenters. The van der Waals surface area contributed by atoms with Crippen LogP contribution < -0.4 is 16.0 Å². The standard InChI is InChI=1S/C29H27N5O5/c1-20(2)22-10-14-23(15-11-22)33-27-26(31(19-30-27)18-21-8-12-24(13-9-21)34(37)38)28(35)32(29(33)36)16-17-39-25-6-4-3-5-7-25/h3-15,19-20H,16-18H2,1-2H3. The van der Waals surface area contributed by atoms with Gasteiger partial charge in [-0.05, 0) is 41.3 Å². The van der Waals surface area contributed by atoms with Crippen LogP contribution in [0.25, 0.3) is 16.9 Å². The fourth-order valence-corrected chi connectivity index (χ4v) is 4.43. The number of nitrogens with zero attached hydrogens (tertiary/aromatic N) is 5. The van der Waals surface area contributed by atoms with Gasteiger partial charge in [-0.3, -0.25) is 19.5 Å². The molecule has 0 saturated carbocycles. The predicted octanol–water partition coefficient (Wildman–Crippen LogP) is 4.51. The van der Waals surface area contributed by atoms with Gasteiger partial charge in [0.2, 0.25) is 0 Å². The molecular weight excluding hydrogens is 498 g/mol. The van der Waals surface area contributed by atoms with Crippen molar-refractivity contribution in [2.45, 2.75) is 32.9 Å². The molecule has 10 heteroatoms. The van der Waals surface area contributed by atoms with Gasteiger partial charge in [0.1, 0.15) is 12.4 Å². The molecule has 0 atom stereocenters. The van der Waals surface area contributed by atoms with Crippen LogP contribution in [-0.2, 0) is 13.1 Å². The van der Waals surface area contributed by atoms with Gasteiger partial charge < -0.3 is 9.30 Å². The van der Waals surface area contributed by atoms with E-state index in [2.05, 4.69) is 18.8 Å². The fourth-order valence-electron chi connectivity index (χ4n) is 4.43. The summed E-state index contributed by atoms with van der Waals surface area (Å²) in [5.41, 5.74) is 1.93. The highest BCUT2D eigenvalue weighted by atomic mass is 16.6. The van der Waals surface area contributed by atoms with Crippen LogP contribution >= 0.6 is 0 Å². The molecule has 39 heavy (non-hydrogen) atoms. The number of rotatable bonds is 9. The number of hydrogen-bond acceptors (Lipinski definition) is 6. The van der Waals surface area contributed by atoms with Gasteiger partial charge in [0.15, 0.2) is 11.2 Å². The first-order valence-electron chi connectivity index (χ1n) is 12.6. The molecule has 0 saturated heterocycles. The Morgan fingerprint density at radius 2 is 1.64 bits per heavy atom. The van der Waals surface area contributed by atoms with E-state index >= 15 is 0 Å². The number of ether oxygens (including phenoxy) is 1. The lowest BCUT2D eigenvalue weighted by Crippen LogP contribution is -2.41. The van der Waals surface area contributed by atoms with E-state index in [1.54, 1.807) is 28.8 Å². The van der Waals surface area contributed by atoms with Crippen molar-refractivity contribution in [2.75, 3.05) is 6.61 Å². The summed E-state index contributed by atoms with van der Waals surface area (Å²) in [6, 6.07) is 22.9. The SMILES string of the molecule is CC(C)c1ccc(-n2c(=O)n(CCOc3ccccc3)c(=O)c3c2ncn3Cc2ccc([N+](=O)[O-])cc2)cc1. The maximum absolute atomic E-state index is 13.7. The van der Waals surface area contributed by atoms with Crippen LogP contribution in [0.3, 0.4) is 0 Å². The average molecular weight is 526 g/mol. The molecule has 10 nitrogen and oxygen atoms in total. The summed E-state index contributed by atoms with van der Waals surface area (Å²) >= 11 is 0. The third-order valence-electron chi connectivity index (χ3n) is 6.55. The number of aromatic nitrogens is 4. The molecule has 5 rings (SSSR count). The molecule has 0 fully saturated rings. The van der Waals surface area contributed by atoms with Crippen molar-refractivity contribution in [3.05, 3.63) is 127 Å². The zero-order valence-electron chi connectivity index (χ0n) is 21.6. The Morgan fingerprint density at radius 1 is 0.949 bits per heavy atom. The van der Waals surface area contributed by atoms with E-state index in [4.69, 9.17) is 4.74 Å². The van der Waals surface area contributed by atoms with Crippen molar-refractivity contribution in [1.82, 2.24) is 18.7 Å². The van der Waals surface area contributed by atoms with E-state index < -0.39 is 16.2 Å². The predicted molar refractivity (Wildman–Crippen MR) is 148 cm³/mol. The number of benzene rings is 3. The largest absolute Gasteiger partial charge is 0.492 e. The Balaban J connectivity index is 1.59. The topological polar surface area (TPSA) is 114 Å². The van der Waals surface area contributed by atoms with Crippen LogP contribution in [0.2, 0.25) is 0 Å². The summed E-state index contributed by atoms with van der Waals surface area (Å²) in [6.07, 6.45) is 1.51. The molecule has 3 aromatic carbocycles. The van der Waals surface area contributed by atoms with Gasteiger partial charge >= 0.3 is 5.69 Å². The van der Waals surface area contributed by atoms with Gasteiger partial charge in [0.25, 0.3) is 11.2 Å². The van der Waals surface area contributed by atoms with Gasteiger partial charge in [0, 0.05) is 18.7 Å². The van der Waals surface area contributed by atoms with Crippen LogP contribution in [0.15, 0.2) is 94.8 Å². The number of nitro benzene ring substituents is 1. The van der Waals surface area contributed by atoms with Crippen molar-refractivity contribution in [3.63, 3.8) is 0 Å². The first-order chi connectivity index (χ1) is 18.8. The molecule has 2 aromatic heterocycles. The monoisotopic (exact) mass is 525 g/mol.